The van der Waals surface area contributed by atoms with Crippen molar-refractivity contribution in [2.24, 2.45) is 0 Å². The van der Waals surface area contributed by atoms with E-state index in [2.05, 4.69) is 38.1 Å². The molecule has 1 unspecified atom stereocenters. The number of ether oxygens (including phenoxy) is 3. The standard InChI is InChI=1S/C17H18O3/c1-11-4-6-13(7-5-11)12(2)14-8-16-17(20-10-19-16)9-15(14)18-3/h4-9,12H,10H2,1-3H3. The molecule has 20 heavy (non-hydrogen) atoms. The van der Waals surface area contributed by atoms with Crippen LogP contribution in [-0.2, 0) is 0 Å². The van der Waals surface area contributed by atoms with Crippen molar-refractivity contribution in [1.82, 2.24) is 0 Å². The molecular formula is C17H18O3. The second-order valence-corrected chi connectivity index (χ2v) is 5.08. The molecule has 0 saturated heterocycles. The Morgan fingerprint density at radius 1 is 1.05 bits per heavy atom. The van der Waals surface area contributed by atoms with E-state index < -0.39 is 0 Å². The predicted octanol–water partition coefficient (Wildman–Crippen LogP) is 3.88. The van der Waals surface area contributed by atoms with Gasteiger partial charge in [-0.05, 0) is 18.6 Å². The maximum absolute atomic E-state index is 5.50. The van der Waals surface area contributed by atoms with Crippen molar-refractivity contribution in [3.8, 4) is 17.2 Å². The zero-order chi connectivity index (χ0) is 14.1. The first-order valence-electron chi connectivity index (χ1n) is 6.73. The molecule has 3 heteroatoms. The molecule has 0 spiro atoms. The second-order valence-electron chi connectivity index (χ2n) is 5.08. The average Bonchev–Trinajstić information content (AvgIpc) is 2.93. The summed E-state index contributed by atoms with van der Waals surface area (Å²) in [5.74, 6) is 2.61. The molecule has 0 fully saturated rings. The average molecular weight is 270 g/mol. The SMILES string of the molecule is COc1cc2c(cc1C(C)c1ccc(C)cc1)OCO2. The molecule has 104 valence electrons. The largest absolute Gasteiger partial charge is 0.496 e. The molecule has 2 aromatic rings. The Kier molecular flexibility index (Phi) is 3.26. The predicted molar refractivity (Wildman–Crippen MR) is 77.8 cm³/mol. The summed E-state index contributed by atoms with van der Waals surface area (Å²) in [6, 6.07) is 12.5. The molecule has 1 aliphatic heterocycles. The Morgan fingerprint density at radius 2 is 1.70 bits per heavy atom. The minimum absolute atomic E-state index is 0.236. The number of rotatable bonds is 3. The van der Waals surface area contributed by atoms with Gasteiger partial charge in [0.05, 0.1) is 7.11 Å². The van der Waals surface area contributed by atoms with Gasteiger partial charge in [0.1, 0.15) is 5.75 Å². The van der Waals surface area contributed by atoms with Gasteiger partial charge in [-0.15, -0.1) is 0 Å². The van der Waals surface area contributed by atoms with Gasteiger partial charge in [0.25, 0.3) is 0 Å². The summed E-state index contributed by atoms with van der Waals surface area (Å²) in [5.41, 5.74) is 3.63. The van der Waals surface area contributed by atoms with Gasteiger partial charge in [-0.25, -0.2) is 0 Å². The molecule has 1 atom stereocenters. The lowest BCUT2D eigenvalue weighted by Gasteiger charge is -2.17. The molecule has 1 heterocycles. The fourth-order valence-electron chi connectivity index (χ4n) is 2.49. The minimum Gasteiger partial charge on any atom is -0.496 e. The Hall–Kier alpha value is -2.16. The van der Waals surface area contributed by atoms with E-state index in [1.165, 1.54) is 11.1 Å². The molecule has 2 aromatic carbocycles. The van der Waals surface area contributed by atoms with E-state index in [1.807, 2.05) is 12.1 Å². The molecule has 0 bridgehead atoms. The third-order valence-electron chi connectivity index (χ3n) is 3.77. The van der Waals surface area contributed by atoms with Crippen LogP contribution in [0.2, 0.25) is 0 Å². The summed E-state index contributed by atoms with van der Waals surface area (Å²) in [4.78, 5) is 0. The van der Waals surface area contributed by atoms with E-state index in [1.54, 1.807) is 7.11 Å². The van der Waals surface area contributed by atoms with Gasteiger partial charge in [0.15, 0.2) is 11.5 Å². The van der Waals surface area contributed by atoms with E-state index in [-0.39, 0.29) is 12.7 Å². The van der Waals surface area contributed by atoms with Gasteiger partial charge in [-0.2, -0.15) is 0 Å². The molecule has 3 nitrogen and oxygen atoms in total. The maximum atomic E-state index is 5.50. The third kappa shape index (κ3) is 2.20. The van der Waals surface area contributed by atoms with Crippen molar-refractivity contribution in [2.45, 2.75) is 19.8 Å². The van der Waals surface area contributed by atoms with Crippen LogP contribution >= 0.6 is 0 Å². The highest BCUT2D eigenvalue weighted by molar-refractivity contribution is 5.54. The molecule has 1 aliphatic rings. The van der Waals surface area contributed by atoms with Gasteiger partial charge in [-0.3, -0.25) is 0 Å². The van der Waals surface area contributed by atoms with Crippen LogP contribution in [0.25, 0.3) is 0 Å². The van der Waals surface area contributed by atoms with E-state index in [9.17, 15) is 0 Å². The number of methoxy groups -OCH3 is 1. The molecule has 0 N–H and O–H groups in total. The molecule has 0 radical (unpaired) electrons. The lowest BCUT2D eigenvalue weighted by molar-refractivity contribution is 0.174. The number of aryl methyl sites for hydroxylation is 1. The van der Waals surface area contributed by atoms with Crippen molar-refractivity contribution >= 4 is 0 Å². The van der Waals surface area contributed by atoms with E-state index in [0.717, 1.165) is 22.8 Å². The van der Waals surface area contributed by atoms with Crippen LogP contribution in [0.5, 0.6) is 17.2 Å². The third-order valence-corrected chi connectivity index (χ3v) is 3.77. The Labute approximate surface area is 119 Å². The van der Waals surface area contributed by atoms with Crippen LogP contribution in [-0.4, -0.2) is 13.9 Å². The van der Waals surface area contributed by atoms with Gasteiger partial charge >= 0.3 is 0 Å². The fourth-order valence-corrected chi connectivity index (χ4v) is 2.49. The van der Waals surface area contributed by atoms with Gasteiger partial charge in [0, 0.05) is 17.5 Å². The summed E-state index contributed by atoms with van der Waals surface area (Å²) in [6.07, 6.45) is 0. The highest BCUT2D eigenvalue weighted by Crippen LogP contribution is 2.42. The van der Waals surface area contributed by atoms with Crippen LogP contribution in [0.15, 0.2) is 36.4 Å². The fraction of sp³-hybridized carbons (Fsp3) is 0.294. The smallest absolute Gasteiger partial charge is 0.231 e. The first kappa shape index (κ1) is 12.9. The molecule has 0 amide bonds. The van der Waals surface area contributed by atoms with Crippen molar-refractivity contribution in [3.63, 3.8) is 0 Å². The number of hydrogen-bond donors (Lipinski definition) is 0. The lowest BCUT2D eigenvalue weighted by atomic mass is 9.91. The summed E-state index contributed by atoms with van der Waals surface area (Å²) < 4.78 is 16.4. The minimum atomic E-state index is 0.236. The van der Waals surface area contributed by atoms with Crippen molar-refractivity contribution in [1.29, 1.82) is 0 Å². The molecule has 0 saturated carbocycles. The quantitative estimate of drug-likeness (QED) is 0.847. The van der Waals surface area contributed by atoms with E-state index >= 15 is 0 Å². The first-order valence-corrected chi connectivity index (χ1v) is 6.73. The molecule has 0 aromatic heterocycles. The molecular weight excluding hydrogens is 252 g/mol. The summed E-state index contributed by atoms with van der Waals surface area (Å²) in [6.45, 7) is 4.54. The monoisotopic (exact) mass is 270 g/mol. The second kappa shape index (κ2) is 5.08. The maximum Gasteiger partial charge on any atom is 0.231 e. The normalized spacial score (nSPS) is 14.2. The van der Waals surface area contributed by atoms with Crippen molar-refractivity contribution in [3.05, 3.63) is 53.1 Å². The van der Waals surface area contributed by atoms with Crippen LogP contribution in [0.3, 0.4) is 0 Å². The van der Waals surface area contributed by atoms with Crippen LogP contribution in [0.1, 0.15) is 29.5 Å². The van der Waals surface area contributed by atoms with Crippen LogP contribution < -0.4 is 14.2 Å². The summed E-state index contributed by atoms with van der Waals surface area (Å²) in [7, 11) is 1.68. The lowest BCUT2D eigenvalue weighted by Crippen LogP contribution is -2.00. The van der Waals surface area contributed by atoms with E-state index in [0.29, 0.717) is 0 Å². The van der Waals surface area contributed by atoms with Gasteiger partial charge in [0.2, 0.25) is 6.79 Å². The first-order chi connectivity index (χ1) is 9.69. The zero-order valence-electron chi connectivity index (χ0n) is 12.0. The van der Waals surface area contributed by atoms with Gasteiger partial charge in [-0.1, -0.05) is 36.8 Å². The Morgan fingerprint density at radius 3 is 2.35 bits per heavy atom. The summed E-state index contributed by atoms with van der Waals surface area (Å²) >= 11 is 0. The molecule has 0 aliphatic carbocycles. The zero-order valence-corrected chi connectivity index (χ0v) is 12.0. The number of hydrogen-bond acceptors (Lipinski definition) is 3. The highest BCUT2D eigenvalue weighted by atomic mass is 16.7. The number of benzene rings is 2. The number of fused-ring (bicyclic) bond motifs is 1. The van der Waals surface area contributed by atoms with Gasteiger partial charge < -0.3 is 14.2 Å². The van der Waals surface area contributed by atoms with E-state index in [4.69, 9.17) is 14.2 Å². The summed E-state index contributed by atoms with van der Waals surface area (Å²) in [5, 5.41) is 0. The Balaban J connectivity index is 2.02. The van der Waals surface area contributed by atoms with Crippen LogP contribution in [0.4, 0.5) is 0 Å². The molecule has 3 rings (SSSR count). The topological polar surface area (TPSA) is 27.7 Å². The van der Waals surface area contributed by atoms with Crippen molar-refractivity contribution < 1.29 is 14.2 Å². The highest BCUT2D eigenvalue weighted by Gasteiger charge is 2.21. The van der Waals surface area contributed by atoms with Crippen LogP contribution in [0, 0.1) is 6.92 Å². The Bertz CT molecular complexity index is 617. The van der Waals surface area contributed by atoms with Crippen molar-refractivity contribution in [2.75, 3.05) is 13.9 Å².